The monoisotopic (exact) mass is 294 g/mol. The molecule has 0 bridgehead atoms. The number of H-pyrrole nitrogens is 1. The average Bonchev–Trinajstić information content (AvgIpc) is 2.83. The predicted octanol–water partition coefficient (Wildman–Crippen LogP) is 3.54. The van der Waals surface area contributed by atoms with Gasteiger partial charge in [0.2, 0.25) is 0 Å². The van der Waals surface area contributed by atoms with Crippen molar-refractivity contribution in [3.8, 4) is 0 Å². The number of benzene rings is 1. The van der Waals surface area contributed by atoms with E-state index in [1.807, 2.05) is 24.4 Å². The molecule has 3 nitrogen and oxygen atoms in total. The van der Waals surface area contributed by atoms with Gasteiger partial charge in [-0.15, -0.1) is 0 Å². The lowest BCUT2D eigenvalue weighted by atomic mass is 10.2. The number of halogens is 1. The molecule has 0 saturated carbocycles. The zero-order valence-electron chi connectivity index (χ0n) is 9.66. The molecular weight excluding hydrogens is 280 g/mol. The van der Waals surface area contributed by atoms with Crippen LogP contribution in [0.2, 0.25) is 0 Å². The SMILES string of the molecule is COCc1c(Br)cccc1NCc1ccc[nH]1. The molecular formula is C13H15BrN2O. The highest BCUT2D eigenvalue weighted by Crippen LogP contribution is 2.25. The molecule has 0 fully saturated rings. The summed E-state index contributed by atoms with van der Waals surface area (Å²) in [6.45, 7) is 1.37. The molecule has 0 aliphatic heterocycles. The normalized spacial score (nSPS) is 10.5. The summed E-state index contributed by atoms with van der Waals surface area (Å²) in [7, 11) is 1.70. The van der Waals surface area contributed by atoms with Crippen LogP contribution in [-0.2, 0) is 17.9 Å². The number of ether oxygens (including phenoxy) is 1. The van der Waals surface area contributed by atoms with Crippen LogP contribution in [0.3, 0.4) is 0 Å². The number of hydrogen-bond donors (Lipinski definition) is 2. The highest BCUT2D eigenvalue weighted by molar-refractivity contribution is 9.10. The first kappa shape index (κ1) is 12.2. The van der Waals surface area contributed by atoms with E-state index in [-0.39, 0.29) is 0 Å². The van der Waals surface area contributed by atoms with Gasteiger partial charge in [-0.3, -0.25) is 0 Å². The van der Waals surface area contributed by atoms with Crippen LogP contribution in [0.25, 0.3) is 0 Å². The summed E-state index contributed by atoms with van der Waals surface area (Å²) < 4.78 is 6.27. The molecule has 2 N–H and O–H groups in total. The van der Waals surface area contributed by atoms with Crippen LogP contribution in [0.5, 0.6) is 0 Å². The predicted molar refractivity (Wildman–Crippen MR) is 73.0 cm³/mol. The zero-order chi connectivity index (χ0) is 12.1. The van der Waals surface area contributed by atoms with Crippen LogP contribution in [-0.4, -0.2) is 12.1 Å². The molecule has 0 saturated heterocycles. The minimum Gasteiger partial charge on any atom is -0.380 e. The molecule has 4 heteroatoms. The number of nitrogens with one attached hydrogen (secondary N) is 2. The fourth-order valence-electron chi connectivity index (χ4n) is 1.68. The number of rotatable bonds is 5. The van der Waals surface area contributed by atoms with Gasteiger partial charge in [-0.2, -0.15) is 0 Å². The van der Waals surface area contributed by atoms with Crippen molar-refractivity contribution < 1.29 is 4.74 Å². The molecule has 0 aliphatic carbocycles. The Hall–Kier alpha value is -1.26. The average molecular weight is 295 g/mol. The molecule has 0 radical (unpaired) electrons. The maximum atomic E-state index is 5.21. The summed E-state index contributed by atoms with van der Waals surface area (Å²) in [6.07, 6.45) is 1.92. The minimum absolute atomic E-state index is 0.592. The zero-order valence-corrected chi connectivity index (χ0v) is 11.3. The summed E-state index contributed by atoms with van der Waals surface area (Å²) in [5, 5.41) is 3.40. The molecule has 1 heterocycles. The smallest absolute Gasteiger partial charge is 0.0744 e. The first-order valence-electron chi connectivity index (χ1n) is 5.43. The first-order valence-corrected chi connectivity index (χ1v) is 6.23. The van der Waals surface area contributed by atoms with E-state index in [1.165, 1.54) is 0 Å². The van der Waals surface area contributed by atoms with E-state index in [4.69, 9.17) is 4.74 Å². The van der Waals surface area contributed by atoms with Gasteiger partial charge in [-0.05, 0) is 24.3 Å². The molecule has 2 aromatic rings. The Balaban J connectivity index is 2.11. The van der Waals surface area contributed by atoms with Crippen LogP contribution >= 0.6 is 15.9 Å². The lowest BCUT2D eigenvalue weighted by Crippen LogP contribution is -2.03. The van der Waals surface area contributed by atoms with E-state index in [0.717, 1.165) is 28.0 Å². The van der Waals surface area contributed by atoms with Crippen LogP contribution in [0, 0.1) is 0 Å². The Kier molecular flexibility index (Phi) is 4.23. The van der Waals surface area contributed by atoms with Crippen LogP contribution in [0.1, 0.15) is 11.3 Å². The lowest BCUT2D eigenvalue weighted by Gasteiger charge is -2.12. The third-order valence-corrected chi connectivity index (χ3v) is 3.28. The summed E-state index contributed by atoms with van der Waals surface area (Å²) in [5.74, 6) is 0. The van der Waals surface area contributed by atoms with Crippen molar-refractivity contribution in [1.82, 2.24) is 4.98 Å². The van der Waals surface area contributed by atoms with Crippen LogP contribution < -0.4 is 5.32 Å². The van der Waals surface area contributed by atoms with Gasteiger partial charge in [0.1, 0.15) is 0 Å². The molecule has 0 aliphatic rings. The van der Waals surface area contributed by atoms with Crippen molar-refractivity contribution in [2.45, 2.75) is 13.2 Å². The molecule has 0 atom stereocenters. The molecule has 17 heavy (non-hydrogen) atoms. The van der Waals surface area contributed by atoms with Crippen LogP contribution in [0.15, 0.2) is 41.0 Å². The maximum absolute atomic E-state index is 5.21. The van der Waals surface area contributed by atoms with Crippen molar-refractivity contribution >= 4 is 21.6 Å². The summed E-state index contributed by atoms with van der Waals surface area (Å²) in [6, 6.07) is 10.1. The summed E-state index contributed by atoms with van der Waals surface area (Å²) >= 11 is 3.54. The van der Waals surface area contributed by atoms with Crippen molar-refractivity contribution in [1.29, 1.82) is 0 Å². The van der Waals surface area contributed by atoms with E-state index in [9.17, 15) is 0 Å². The standard InChI is InChI=1S/C13H15BrN2O/c1-17-9-11-12(14)5-2-6-13(11)16-8-10-4-3-7-15-10/h2-7,15-16H,8-9H2,1H3. The van der Waals surface area contributed by atoms with Crippen LogP contribution in [0.4, 0.5) is 5.69 Å². The molecule has 1 aromatic heterocycles. The Morgan fingerprint density at radius 2 is 2.18 bits per heavy atom. The fourth-order valence-corrected chi connectivity index (χ4v) is 2.16. The van der Waals surface area contributed by atoms with E-state index in [2.05, 4.69) is 38.4 Å². The van der Waals surface area contributed by atoms with Gasteiger partial charge < -0.3 is 15.0 Å². The van der Waals surface area contributed by atoms with Gasteiger partial charge in [0.15, 0.2) is 0 Å². The van der Waals surface area contributed by atoms with Crippen molar-refractivity contribution in [3.63, 3.8) is 0 Å². The van der Waals surface area contributed by atoms with Gasteiger partial charge in [0.25, 0.3) is 0 Å². The Morgan fingerprint density at radius 3 is 2.88 bits per heavy atom. The topological polar surface area (TPSA) is 37.0 Å². The number of anilines is 1. The van der Waals surface area contributed by atoms with Crippen molar-refractivity contribution in [3.05, 3.63) is 52.3 Å². The first-order chi connectivity index (χ1) is 8.31. The van der Waals surface area contributed by atoms with E-state index in [0.29, 0.717) is 6.61 Å². The largest absolute Gasteiger partial charge is 0.380 e. The van der Waals surface area contributed by atoms with E-state index in [1.54, 1.807) is 7.11 Å². The minimum atomic E-state index is 0.592. The molecule has 0 unspecified atom stereocenters. The second-order valence-electron chi connectivity index (χ2n) is 3.75. The highest BCUT2D eigenvalue weighted by atomic mass is 79.9. The van der Waals surface area contributed by atoms with Gasteiger partial charge in [0.05, 0.1) is 13.2 Å². The Bertz CT molecular complexity index is 468. The fraction of sp³-hybridized carbons (Fsp3) is 0.231. The number of hydrogen-bond acceptors (Lipinski definition) is 2. The molecule has 0 spiro atoms. The van der Waals surface area contributed by atoms with Gasteiger partial charge in [-0.1, -0.05) is 22.0 Å². The Labute approximate surface area is 109 Å². The quantitative estimate of drug-likeness (QED) is 0.885. The maximum Gasteiger partial charge on any atom is 0.0744 e. The second kappa shape index (κ2) is 5.89. The molecule has 90 valence electrons. The Morgan fingerprint density at radius 1 is 1.29 bits per heavy atom. The summed E-state index contributed by atoms with van der Waals surface area (Å²) in [5.41, 5.74) is 3.39. The van der Waals surface area contributed by atoms with Crippen molar-refractivity contribution in [2.24, 2.45) is 0 Å². The second-order valence-corrected chi connectivity index (χ2v) is 4.60. The highest BCUT2D eigenvalue weighted by Gasteiger charge is 2.06. The van der Waals surface area contributed by atoms with E-state index >= 15 is 0 Å². The molecule has 0 amide bonds. The van der Waals surface area contributed by atoms with Gasteiger partial charge in [0, 0.05) is 34.7 Å². The third kappa shape index (κ3) is 3.11. The molecule has 1 aromatic carbocycles. The summed E-state index contributed by atoms with van der Waals surface area (Å²) in [4.78, 5) is 3.17. The third-order valence-electron chi connectivity index (χ3n) is 2.54. The van der Waals surface area contributed by atoms with Crippen molar-refractivity contribution in [2.75, 3.05) is 12.4 Å². The number of aromatic nitrogens is 1. The van der Waals surface area contributed by atoms with E-state index < -0.39 is 0 Å². The lowest BCUT2D eigenvalue weighted by molar-refractivity contribution is 0.185. The molecule has 2 rings (SSSR count). The number of aromatic amines is 1. The number of methoxy groups -OCH3 is 1. The van der Waals surface area contributed by atoms with Gasteiger partial charge >= 0.3 is 0 Å². The van der Waals surface area contributed by atoms with Gasteiger partial charge in [-0.25, -0.2) is 0 Å².